The van der Waals surface area contributed by atoms with Crippen molar-refractivity contribution in [3.05, 3.63) is 94.3 Å². The molecule has 0 spiro atoms. The standard InChI is InChI=1S/C33H44N2O4Si2/c1-40(2,3)21-19-37-24-35-32(28-16-11-10-15-27(28)23-26-13-8-7-9-14-26)34-31-29(33(35)36)17-12-18-30(31)39-25-38-20-22-41(4,5)6/h7-18H,19-25H2,1-6H3. The van der Waals surface area contributed by atoms with Crippen LogP contribution < -0.4 is 10.3 Å². The van der Waals surface area contributed by atoms with Gasteiger partial charge in [-0.05, 0) is 41.8 Å². The van der Waals surface area contributed by atoms with Gasteiger partial charge in [-0.25, -0.2) is 4.98 Å². The van der Waals surface area contributed by atoms with Crippen molar-refractivity contribution in [1.29, 1.82) is 0 Å². The van der Waals surface area contributed by atoms with E-state index in [4.69, 9.17) is 19.2 Å². The van der Waals surface area contributed by atoms with Crippen molar-refractivity contribution in [1.82, 2.24) is 9.55 Å². The minimum absolute atomic E-state index is 0.119. The molecule has 3 aromatic carbocycles. The number of hydrogen-bond acceptors (Lipinski definition) is 5. The van der Waals surface area contributed by atoms with E-state index in [0.717, 1.165) is 29.6 Å². The van der Waals surface area contributed by atoms with Gasteiger partial charge in [-0.1, -0.05) is 99.9 Å². The number of fused-ring (bicyclic) bond motifs is 1. The second kappa shape index (κ2) is 13.7. The Kier molecular flexibility index (Phi) is 10.4. The van der Waals surface area contributed by atoms with Crippen molar-refractivity contribution in [3.8, 4) is 17.1 Å². The van der Waals surface area contributed by atoms with E-state index < -0.39 is 16.1 Å². The summed E-state index contributed by atoms with van der Waals surface area (Å²) in [5.74, 6) is 1.12. The summed E-state index contributed by atoms with van der Waals surface area (Å²) in [6, 6.07) is 26.1. The monoisotopic (exact) mass is 588 g/mol. The summed E-state index contributed by atoms with van der Waals surface area (Å²) in [4.78, 5) is 19.1. The molecule has 8 heteroatoms. The summed E-state index contributed by atoms with van der Waals surface area (Å²) in [6.07, 6.45) is 0.727. The van der Waals surface area contributed by atoms with Crippen LogP contribution in [0.2, 0.25) is 51.4 Å². The summed E-state index contributed by atoms with van der Waals surface area (Å²) in [5, 5.41) is 0.502. The average Bonchev–Trinajstić information content (AvgIpc) is 2.92. The smallest absolute Gasteiger partial charge is 0.263 e. The van der Waals surface area contributed by atoms with E-state index in [0.29, 0.717) is 35.7 Å². The first-order valence-corrected chi connectivity index (χ1v) is 21.9. The van der Waals surface area contributed by atoms with Crippen LogP contribution in [0, 0.1) is 0 Å². The van der Waals surface area contributed by atoms with Gasteiger partial charge >= 0.3 is 0 Å². The molecule has 0 saturated heterocycles. The number of rotatable bonds is 14. The Morgan fingerprint density at radius 2 is 1.41 bits per heavy atom. The van der Waals surface area contributed by atoms with Gasteiger partial charge in [0.1, 0.15) is 23.8 Å². The molecule has 6 nitrogen and oxygen atoms in total. The number of hydrogen-bond donors (Lipinski definition) is 0. The Bertz CT molecular complexity index is 1490. The van der Waals surface area contributed by atoms with Crippen LogP contribution >= 0.6 is 0 Å². The maximum atomic E-state index is 14.0. The fourth-order valence-corrected chi connectivity index (χ4v) is 5.96. The molecule has 0 saturated carbocycles. The Morgan fingerprint density at radius 1 is 0.756 bits per heavy atom. The molecule has 0 aliphatic heterocycles. The van der Waals surface area contributed by atoms with Crippen molar-refractivity contribution in [2.45, 2.75) is 64.5 Å². The number of aromatic nitrogens is 2. The summed E-state index contributed by atoms with van der Waals surface area (Å²) in [7, 11) is -2.47. The van der Waals surface area contributed by atoms with E-state index in [-0.39, 0.29) is 19.1 Å². The Morgan fingerprint density at radius 3 is 2.12 bits per heavy atom. The fraction of sp³-hybridized carbons (Fsp3) is 0.394. The van der Waals surface area contributed by atoms with Gasteiger partial charge in [-0.3, -0.25) is 9.36 Å². The third-order valence-corrected chi connectivity index (χ3v) is 10.4. The molecule has 4 rings (SSSR count). The van der Waals surface area contributed by atoms with Crippen LogP contribution in [-0.4, -0.2) is 45.7 Å². The third kappa shape index (κ3) is 8.97. The maximum Gasteiger partial charge on any atom is 0.263 e. The van der Waals surface area contributed by atoms with Crippen LogP contribution in [0.5, 0.6) is 5.75 Å². The Balaban J connectivity index is 1.73. The zero-order chi connectivity index (χ0) is 29.5. The SMILES string of the molecule is C[Si](C)(C)CCOCOc1cccc2c(=O)n(COCC[Si](C)(C)C)c(-c3ccccc3Cc3ccccc3)nc12. The highest BCUT2D eigenvalue weighted by molar-refractivity contribution is 6.76. The van der Waals surface area contributed by atoms with E-state index in [2.05, 4.69) is 57.5 Å². The largest absolute Gasteiger partial charge is 0.465 e. The lowest BCUT2D eigenvalue weighted by Gasteiger charge is -2.19. The van der Waals surface area contributed by atoms with Gasteiger partial charge in [0, 0.05) is 34.9 Å². The third-order valence-electron chi connectivity index (χ3n) is 6.95. The zero-order valence-electron chi connectivity index (χ0n) is 25.4. The zero-order valence-corrected chi connectivity index (χ0v) is 27.4. The molecule has 0 amide bonds. The molecule has 0 bridgehead atoms. The van der Waals surface area contributed by atoms with Gasteiger partial charge in [0.15, 0.2) is 6.79 Å². The lowest BCUT2D eigenvalue weighted by Crippen LogP contribution is -2.27. The molecule has 0 N–H and O–H groups in total. The van der Waals surface area contributed by atoms with Crippen LogP contribution in [-0.2, 0) is 22.6 Å². The van der Waals surface area contributed by atoms with Crippen molar-refractivity contribution in [2.75, 3.05) is 20.0 Å². The summed E-state index contributed by atoms with van der Waals surface area (Å²) < 4.78 is 19.6. The van der Waals surface area contributed by atoms with Crippen molar-refractivity contribution in [2.24, 2.45) is 0 Å². The lowest BCUT2D eigenvalue weighted by atomic mass is 9.99. The first kappa shape index (κ1) is 30.9. The molecular formula is C33H44N2O4Si2. The molecule has 0 radical (unpaired) electrons. The van der Waals surface area contributed by atoms with Crippen LogP contribution in [0.4, 0.5) is 0 Å². The highest BCUT2D eigenvalue weighted by atomic mass is 28.3. The maximum absolute atomic E-state index is 14.0. The molecule has 0 atom stereocenters. The van der Waals surface area contributed by atoms with Gasteiger partial charge in [0.05, 0.1) is 5.39 Å². The minimum atomic E-state index is -1.27. The summed E-state index contributed by atoms with van der Waals surface area (Å²) in [5.41, 5.74) is 3.59. The number of benzene rings is 3. The minimum Gasteiger partial charge on any atom is -0.465 e. The molecule has 1 heterocycles. The van der Waals surface area contributed by atoms with Gasteiger partial charge in [-0.15, -0.1) is 0 Å². The normalized spacial score (nSPS) is 12.1. The predicted octanol–water partition coefficient (Wildman–Crippen LogP) is 7.66. The second-order valence-corrected chi connectivity index (χ2v) is 24.2. The number of para-hydroxylation sites is 1. The average molecular weight is 589 g/mol. The van der Waals surface area contributed by atoms with E-state index >= 15 is 0 Å². The van der Waals surface area contributed by atoms with Gasteiger partial charge in [0.25, 0.3) is 5.56 Å². The number of nitrogens with zero attached hydrogens (tertiary/aromatic N) is 2. The van der Waals surface area contributed by atoms with Gasteiger partial charge in [0.2, 0.25) is 0 Å². The van der Waals surface area contributed by atoms with Crippen molar-refractivity contribution in [3.63, 3.8) is 0 Å². The van der Waals surface area contributed by atoms with Gasteiger partial charge in [-0.2, -0.15) is 0 Å². The van der Waals surface area contributed by atoms with Crippen LogP contribution in [0.25, 0.3) is 22.3 Å². The molecule has 1 aromatic heterocycles. The van der Waals surface area contributed by atoms with Crippen LogP contribution in [0.3, 0.4) is 0 Å². The molecule has 0 unspecified atom stereocenters. The molecule has 0 aliphatic rings. The number of ether oxygens (including phenoxy) is 3. The first-order chi connectivity index (χ1) is 19.5. The van der Waals surface area contributed by atoms with Crippen LogP contribution in [0.1, 0.15) is 11.1 Å². The molecule has 0 fully saturated rings. The lowest BCUT2D eigenvalue weighted by molar-refractivity contribution is 0.0228. The quantitative estimate of drug-likeness (QED) is 0.0860. The highest BCUT2D eigenvalue weighted by Crippen LogP contribution is 2.29. The fourth-order valence-electron chi connectivity index (χ4n) is 4.44. The van der Waals surface area contributed by atoms with Crippen LogP contribution in [0.15, 0.2) is 77.6 Å². The molecular weight excluding hydrogens is 545 g/mol. The summed E-state index contributed by atoms with van der Waals surface area (Å²) in [6.45, 7) is 15.5. The first-order valence-electron chi connectivity index (χ1n) is 14.5. The van der Waals surface area contributed by atoms with E-state index in [9.17, 15) is 4.79 Å². The predicted molar refractivity (Wildman–Crippen MR) is 174 cm³/mol. The molecule has 4 aromatic rings. The molecule has 0 aliphatic carbocycles. The van der Waals surface area contributed by atoms with Gasteiger partial charge < -0.3 is 14.2 Å². The Labute approximate surface area is 246 Å². The van der Waals surface area contributed by atoms with E-state index in [1.807, 2.05) is 54.6 Å². The highest BCUT2D eigenvalue weighted by Gasteiger charge is 2.19. The van der Waals surface area contributed by atoms with Crippen molar-refractivity contribution < 1.29 is 14.2 Å². The molecule has 218 valence electrons. The summed E-state index contributed by atoms with van der Waals surface area (Å²) >= 11 is 0. The topological polar surface area (TPSA) is 62.6 Å². The van der Waals surface area contributed by atoms with E-state index in [1.54, 1.807) is 4.57 Å². The molecule has 41 heavy (non-hydrogen) atoms. The second-order valence-electron chi connectivity index (χ2n) is 13.0. The Hall–Kier alpha value is -3.05. The van der Waals surface area contributed by atoms with Crippen molar-refractivity contribution >= 4 is 27.1 Å². The van der Waals surface area contributed by atoms with E-state index in [1.165, 1.54) is 5.56 Å².